The summed E-state index contributed by atoms with van der Waals surface area (Å²) in [7, 11) is -3.10. The quantitative estimate of drug-likeness (QED) is 0.141. The van der Waals surface area contributed by atoms with Crippen LogP contribution in [-0.4, -0.2) is 9.38 Å². The maximum atomic E-state index is 15.1. The molecule has 10 aromatic rings. The minimum Gasteiger partial charge on any atom is -0.309 e. The molecule has 230 valence electrons. The van der Waals surface area contributed by atoms with Gasteiger partial charge in [0.2, 0.25) is 0 Å². The highest BCUT2D eigenvalue weighted by Crippen LogP contribution is 2.43. The average Bonchev–Trinajstić information content (AvgIpc) is 3.57. The van der Waals surface area contributed by atoms with Crippen molar-refractivity contribution in [2.45, 2.75) is 0 Å². The van der Waals surface area contributed by atoms with Gasteiger partial charge in [-0.05, 0) is 68.4 Å². The number of hydrogen-bond donors (Lipinski definition) is 0. The highest BCUT2D eigenvalue weighted by Gasteiger charge is 2.29. The summed E-state index contributed by atoms with van der Waals surface area (Å²) in [5.41, 5.74) is 6.39. The molecule has 0 fully saturated rings. The SMILES string of the molecule is O=P(c1ccccc1)(c1ccccc1)c1ccc2ccc(-c3ccc4c5ccc6ccccc6c5c5nc6ccccc6n5c4c3)cc2c1. The number of fused-ring (bicyclic) bond motifs is 11. The van der Waals surface area contributed by atoms with Crippen molar-refractivity contribution in [2.24, 2.45) is 0 Å². The monoisotopic (exact) mass is 644 g/mol. The fraction of sp³-hybridized carbons (Fsp3) is 0. The summed E-state index contributed by atoms with van der Waals surface area (Å²) in [5.74, 6) is 0. The van der Waals surface area contributed by atoms with Crippen molar-refractivity contribution >= 4 is 83.0 Å². The second-order valence-electron chi connectivity index (χ2n) is 12.7. The van der Waals surface area contributed by atoms with E-state index in [0.29, 0.717) is 0 Å². The van der Waals surface area contributed by atoms with Crippen molar-refractivity contribution in [3.05, 3.63) is 176 Å². The van der Waals surface area contributed by atoms with Gasteiger partial charge in [-0.25, -0.2) is 4.98 Å². The summed E-state index contributed by atoms with van der Waals surface area (Å²) >= 11 is 0. The van der Waals surface area contributed by atoms with E-state index >= 15 is 4.57 Å². The lowest BCUT2D eigenvalue weighted by atomic mass is 9.96. The molecule has 0 aliphatic rings. The molecule has 10 rings (SSSR count). The molecule has 0 unspecified atom stereocenters. The van der Waals surface area contributed by atoms with Gasteiger partial charge in [-0.3, -0.25) is 4.40 Å². The molecule has 0 amide bonds. The molecule has 0 bridgehead atoms. The number of hydrogen-bond acceptors (Lipinski definition) is 2. The lowest BCUT2D eigenvalue weighted by molar-refractivity contribution is 0.592. The Labute approximate surface area is 283 Å². The van der Waals surface area contributed by atoms with Crippen LogP contribution in [0.25, 0.3) is 71.0 Å². The van der Waals surface area contributed by atoms with E-state index in [4.69, 9.17) is 4.98 Å². The van der Waals surface area contributed by atoms with Gasteiger partial charge in [0, 0.05) is 26.7 Å². The second-order valence-corrected chi connectivity index (χ2v) is 15.5. The topological polar surface area (TPSA) is 34.4 Å². The van der Waals surface area contributed by atoms with Gasteiger partial charge < -0.3 is 4.57 Å². The van der Waals surface area contributed by atoms with Crippen molar-refractivity contribution in [3.8, 4) is 11.1 Å². The van der Waals surface area contributed by atoms with Crippen LogP contribution in [0.3, 0.4) is 0 Å². The first-order chi connectivity index (χ1) is 24.2. The smallest absolute Gasteiger partial charge is 0.171 e. The summed E-state index contributed by atoms with van der Waals surface area (Å²) in [5, 5.41) is 10.7. The summed E-state index contributed by atoms with van der Waals surface area (Å²) in [6.07, 6.45) is 0. The molecule has 4 heteroatoms. The lowest BCUT2D eigenvalue weighted by Crippen LogP contribution is -2.24. The Bertz CT molecular complexity index is 2920. The zero-order chi connectivity index (χ0) is 32.5. The van der Waals surface area contributed by atoms with Gasteiger partial charge in [0.1, 0.15) is 5.65 Å². The van der Waals surface area contributed by atoms with Crippen molar-refractivity contribution < 1.29 is 4.57 Å². The predicted molar refractivity (Wildman–Crippen MR) is 208 cm³/mol. The molecule has 0 N–H and O–H groups in total. The van der Waals surface area contributed by atoms with Gasteiger partial charge in [-0.15, -0.1) is 0 Å². The van der Waals surface area contributed by atoms with Crippen LogP contribution in [0.4, 0.5) is 0 Å². The van der Waals surface area contributed by atoms with Crippen molar-refractivity contribution in [3.63, 3.8) is 0 Å². The second kappa shape index (κ2) is 10.8. The van der Waals surface area contributed by atoms with Crippen LogP contribution < -0.4 is 15.9 Å². The number of nitrogens with zero attached hydrogens (tertiary/aromatic N) is 2. The Morgan fingerprint density at radius 1 is 0.429 bits per heavy atom. The van der Waals surface area contributed by atoms with E-state index in [1.54, 1.807) is 0 Å². The number of aromatic nitrogens is 2. The number of rotatable bonds is 4. The van der Waals surface area contributed by atoms with E-state index in [9.17, 15) is 0 Å². The minimum atomic E-state index is -3.10. The Balaban J connectivity index is 1.20. The van der Waals surface area contributed by atoms with Crippen LogP contribution in [0.5, 0.6) is 0 Å². The summed E-state index contributed by atoms with van der Waals surface area (Å²) < 4.78 is 17.5. The largest absolute Gasteiger partial charge is 0.309 e. The van der Waals surface area contributed by atoms with E-state index < -0.39 is 7.14 Å². The molecule has 49 heavy (non-hydrogen) atoms. The first-order valence-electron chi connectivity index (χ1n) is 16.6. The molecule has 0 saturated heterocycles. The number of benzene rings is 8. The molecule has 0 aliphatic heterocycles. The molecule has 8 aromatic carbocycles. The van der Waals surface area contributed by atoms with E-state index in [-0.39, 0.29) is 0 Å². The molecule has 0 spiro atoms. The van der Waals surface area contributed by atoms with E-state index in [1.165, 1.54) is 26.9 Å². The highest BCUT2D eigenvalue weighted by molar-refractivity contribution is 7.85. The summed E-state index contributed by atoms with van der Waals surface area (Å²) in [6, 6.07) is 60.8. The third-order valence-electron chi connectivity index (χ3n) is 10.0. The minimum absolute atomic E-state index is 0.832. The number of imidazole rings is 1. The zero-order valence-corrected chi connectivity index (χ0v) is 27.4. The number of pyridine rings is 1. The molecule has 0 aliphatic carbocycles. The van der Waals surface area contributed by atoms with Crippen molar-refractivity contribution in [1.29, 1.82) is 0 Å². The Hall–Kier alpha value is -6.02. The maximum absolute atomic E-state index is 15.1. The lowest BCUT2D eigenvalue weighted by Gasteiger charge is -2.20. The average molecular weight is 645 g/mol. The van der Waals surface area contributed by atoms with Crippen LogP contribution in [0.2, 0.25) is 0 Å². The van der Waals surface area contributed by atoms with Crippen LogP contribution in [0.1, 0.15) is 0 Å². The predicted octanol–water partition coefficient (Wildman–Crippen LogP) is 10.4. The summed E-state index contributed by atoms with van der Waals surface area (Å²) in [4.78, 5) is 5.21. The maximum Gasteiger partial charge on any atom is 0.171 e. The molecular weight excluding hydrogens is 615 g/mol. The molecule has 2 heterocycles. The fourth-order valence-electron chi connectivity index (χ4n) is 7.63. The molecule has 3 nitrogen and oxygen atoms in total. The third-order valence-corrected chi connectivity index (χ3v) is 13.1. The van der Waals surface area contributed by atoms with Gasteiger partial charge in [0.15, 0.2) is 7.14 Å². The van der Waals surface area contributed by atoms with E-state index in [1.807, 2.05) is 66.7 Å². The first kappa shape index (κ1) is 28.0. The van der Waals surface area contributed by atoms with Gasteiger partial charge in [-0.1, -0.05) is 146 Å². The van der Waals surface area contributed by atoms with E-state index in [2.05, 4.69) is 114 Å². The Kier molecular flexibility index (Phi) is 6.15. The highest BCUT2D eigenvalue weighted by atomic mass is 31.2. The van der Waals surface area contributed by atoms with Gasteiger partial charge >= 0.3 is 0 Å². The van der Waals surface area contributed by atoms with Crippen molar-refractivity contribution in [2.75, 3.05) is 0 Å². The number of para-hydroxylation sites is 2. The fourth-order valence-corrected chi connectivity index (χ4v) is 10.3. The molecular formula is C45H29N2OP. The van der Waals surface area contributed by atoms with Crippen LogP contribution in [0, 0.1) is 0 Å². The van der Waals surface area contributed by atoms with Crippen molar-refractivity contribution in [1.82, 2.24) is 9.38 Å². The zero-order valence-electron chi connectivity index (χ0n) is 26.5. The van der Waals surface area contributed by atoms with Gasteiger partial charge in [-0.2, -0.15) is 0 Å². The molecule has 0 radical (unpaired) electrons. The Morgan fingerprint density at radius 2 is 1.06 bits per heavy atom. The van der Waals surface area contributed by atoms with Gasteiger partial charge in [0.25, 0.3) is 0 Å². The van der Waals surface area contributed by atoms with E-state index in [0.717, 1.165) is 60.0 Å². The third kappa shape index (κ3) is 4.23. The molecule has 0 saturated carbocycles. The molecule has 0 atom stereocenters. The van der Waals surface area contributed by atoms with Crippen LogP contribution in [-0.2, 0) is 4.57 Å². The van der Waals surface area contributed by atoms with Gasteiger partial charge in [0.05, 0.1) is 16.6 Å². The van der Waals surface area contributed by atoms with Crippen LogP contribution >= 0.6 is 7.14 Å². The first-order valence-corrected chi connectivity index (χ1v) is 18.3. The summed E-state index contributed by atoms with van der Waals surface area (Å²) in [6.45, 7) is 0. The Morgan fingerprint density at radius 3 is 1.88 bits per heavy atom. The van der Waals surface area contributed by atoms with Crippen LogP contribution in [0.15, 0.2) is 176 Å². The molecule has 2 aromatic heterocycles. The normalized spacial score (nSPS) is 12.2. The standard InChI is InChI=1S/C45H29N2OP/c48-49(35-12-3-1-4-13-35,36-14-5-2-6-15-36)37-24-21-30-19-20-32(27-34(30)28-37)33-23-25-39-40-26-22-31-11-7-8-16-38(31)44(40)45-46-41-17-9-10-18-42(41)47(45)43(39)29-33/h1-29H.